The van der Waals surface area contributed by atoms with Crippen LogP contribution in [0.25, 0.3) is 0 Å². The van der Waals surface area contributed by atoms with Gasteiger partial charge < -0.3 is 9.84 Å². The number of aliphatic hydroxyl groups excluding tert-OH is 1. The molecule has 2 saturated heterocycles. The van der Waals surface area contributed by atoms with Crippen LogP contribution < -0.4 is 0 Å². The molecule has 5 heteroatoms. The van der Waals surface area contributed by atoms with Crippen molar-refractivity contribution in [2.24, 2.45) is 0 Å². The number of ether oxygens (including phenoxy) is 1. The van der Waals surface area contributed by atoms with Gasteiger partial charge in [-0.15, -0.1) is 11.3 Å². The second-order valence-electron chi connectivity index (χ2n) is 5.19. The van der Waals surface area contributed by atoms with Gasteiger partial charge in [0.25, 0.3) is 0 Å². The van der Waals surface area contributed by atoms with Gasteiger partial charge >= 0.3 is 0 Å². The number of hydrogen-bond donors (Lipinski definition) is 1. The number of aromatic nitrogens is 1. The lowest BCUT2D eigenvalue weighted by atomic mass is 10.1. The first kappa shape index (κ1) is 12.5. The van der Waals surface area contributed by atoms with Gasteiger partial charge in [0.05, 0.1) is 11.8 Å². The standard InChI is InChI=1S/C13H20N2O2S/c16-11-3-5-15(6-4-11)8-10-9-18-13(14-10)12-2-1-7-17-12/h9,11-12,16H,1-8H2. The third kappa shape index (κ3) is 2.91. The molecule has 0 spiro atoms. The average molecular weight is 268 g/mol. The summed E-state index contributed by atoms with van der Waals surface area (Å²) in [6.07, 6.45) is 4.20. The zero-order chi connectivity index (χ0) is 12.4. The molecule has 100 valence electrons. The van der Waals surface area contributed by atoms with Crippen LogP contribution in [0.2, 0.25) is 0 Å². The molecule has 1 unspecified atom stereocenters. The fourth-order valence-electron chi connectivity index (χ4n) is 2.62. The van der Waals surface area contributed by atoms with Crippen molar-refractivity contribution in [2.45, 2.75) is 44.4 Å². The van der Waals surface area contributed by atoms with E-state index in [1.54, 1.807) is 11.3 Å². The van der Waals surface area contributed by atoms with Crippen LogP contribution in [0.15, 0.2) is 5.38 Å². The van der Waals surface area contributed by atoms with Gasteiger partial charge in [0, 0.05) is 31.6 Å². The summed E-state index contributed by atoms with van der Waals surface area (Å²) in [6, 6.07) is 0. The van der Waals surface area contributed by atoms with Crippen LogP contribution >= 0.6 is 11.3 Å². The van der Waals surface area contributed by atoms with Crippen LogP contribution in [0.5, 0.6) is 0 Å². The number of hydrogen-bond acceptors (Lipinski definition) is 5. The van der Waals surface area contributed by atoms with Crippen LogP contribution in [0.1, 0.15) is 42.5 Å². The van der Waals surface area contributed by atoms with Crippen LogP contribution in [0, 0.1) is 0 Å². The van der Waals surface area contributed by atoms with E-state index in [2.05, 4.69) is 10.3 Å². The van der Waals surface area contributed by atoms with Crippen molar-refractivity contribution in [3.63, 3.8) is 0 Å². The number of likely N-dealkylation sites (tertiary alicyclic amines) is 1. The van der Waals surface area contributed by atoms with Crippen molar-refractivity contribution in [2.75, 3.05) is 19.7 Å². The second kappa shape index (κ2) is 5.65. The summed E-state index contributed by atoms with van der Waals surface area (Å²) < 4.78 is 5.66. The minimum absolute atomic E-state index is 0.0980. The number of piperidine rings is 1. The lowest BCUT2D eigenvalue weighted by molar-refractivity contribution is 0.0785. The molecule has 1 N–H and O–H groups in total. The maximum absolute atomic E-state index is 9.48. The summed E-state index contributed by atoms with van der Waals surface area (Å²) in [4.78, 5) is 7.07. The lowest BCUT2D eigenvalue weighted by Crippen LogP contribution is -2.35. The van der Waals surface area contributed by atoms with Crippen LogP contribution in [-0.4, -0.2) is 40.8 Å². The van der Waals surface area contributed by atoms with E-state index in [0.717, 1.165) is 62.6 Å². The molecule has 4 nitrogen and oxygen atoms in total. The second-order valence-corrected chi connectivity index (χ2v) is 6.08. The Morgan fingerprint density at radius 3 is 2.94 bits per heavy atom. The van der Waals surface area contributed by atoms with Gasteiger partial charge in [-0.1, -0.05) is 0 Å². The third-order valence-electron chi connectivity index (χ3n) is 3.72. The Kier molecular flexibility index (Phi) is 3.94. The molecule has 2 aliphatic heterocycles. The maximum Gasteiger partial charge on any atom is 0.122 e. The van der Waals surface area contributed by atoms with Crippen LogP contribution in [0.3, 0.4) is 0 Å². The molecular formula is C13H20N2O2S. The summed E-state index contributed by atoms with van der Waals surface area (Å²) in [5.41, 5.74) is 1.15. The average Bonchev–Trinajstić information content (AvgIpc) is 3.02. The molecule has 18 heavy (non-hydrogen) atoms. The topological polar surface area (TPSA) is 45.6 Å². The van der Waals surface area contributed by atoms with Gasteiger partial charge in [-0.05, 0) is 25.7 Å². The summed E-state index contributed by atoms with van der Waals surface area (Å²) >= 11 is 1.72. The van der Waals surface area contributed by atoms with Crippen LogP contribution in [-0.2, 0) is 11.3 Å². The molecular weight excluding hydrogens is 248 g/mol. The van der Waals surface area contributed by atoms with E-state index >= 15 is 0 Å². The summed E-state index contributed by atoms with van der Waals surface area (Å²) in [6.45, 7) is 3.75. The highest BCUT2D eigenvalue weighted by Gasteiger charge is 2.22. The molecule has 1 atom stereocenters. The van der Waals surface area contributed by atoms with E-state index in [4.69, 9.17) is 9.72 Å². The highest BCUT2D eigenvalue weighted by molar-refractivity contribution is 7.09. The molecule has 2 fully saturated rings. The van der Waals surface area contributed by atoms with E-state index < -0.39 is 0 Å². The Hall–Kier alpha value is -0.490. The van der Waals surface area contributed by atoms with Crippen LogP contribution in [0.4, 0.5) is 0 Å². The van der Waals surface area contributed by atoms with Crippen molar-refractivity contribution in [3.8, 4) is 0 Å². The van der Waals surface area contributed by atoms with Gasteiger partial charge in [-0.2, -0.15) is 0 Å². The van der Waals surface area contributed by atoms with E-state index in [-0.39, 0.29) is 12.2 Å². The van der Waals surface area contributed by atoms with Crippen molar-refractivity contribution in [1.82, 2.24) is 9.88 Å². The highest BCUT2D eigenvalue weighted by atomic mass is 32.1. The first-order valence-corrected chi connectivity index (χ1v) is 7.65. The van der Waals surface area contributed by atoms with E-state index in [1.165, 1.54) is 0 Å². The van der Waals surface area contributed by atoms with E-state index in [0.29, 0.717) is 0 Å². The Labute approximate surface area is 112 Å². The monoisotopic (exact) mass is 268 g/mol. The first-order valence-electron chi connectivity index (χ1n) is 6.77. The van der Waals surface area contributed by atoms with Crippen molar-refractivity contribution in [3.05, 3.63) is 16.1 Å². The van der Waals surface area contributed by atoms with E-state index in [1.807, 2.05) is 0 Å². The fourth-order valence-corrected chi connectivity index (χ4v) is 3.51. The predicted molar refractivity (Wildman–Crippen MR) is 70.6 cm³/mol. The Morgan fingerprint density at radius 1 is 1.39 bits per heavy atom. The van der Waals surface area contributed by atoms with E-state index in [9.17, 15) is 5.11 Å². The van der Waals surface area contributed by atoms with Crippen molar-refractivity contribution >= 4 is 11.3 Å². The molecule has 0 radical (unpaired) electrons. The van der Waals surface area contributed by atoms with Crippen molar-refractivity contribution in [1.29, 1.82) is 0 Å². The number of thiazole rings is 1. The van der Waals surface area contributed by atoms with Crippen molar-refractivity contribution < 1.29 is 9.84 Å². The van der Waals surface area contributed by atoms with Gasteiger partial charge in [-0.3, -0.25) is 4.90 Å². The quantitative estimate of drug-likeness (QED) is 0.910. The summed E-state index contributed by atoms with van der Waals surface area (Å²) in [5.74, 6) is 0. The number of nitrogens with zero attached hydrogens (tertiary/aromatic N) is 2. The lowest BCUT2D eigenvalue weighted by Gasteiger charge is -2.28. The van der Waals surface area contributed by atoms with Gasteiger partial charge in [0.15, 0.2) is 0 Å². The predicted octanol–water partition coefficient (Wildman–Crippen LogP) is 1.95. The zero-order valence-electron chi connectivity index (χ0n) is 10.5. The minimum Gasteiger partial charge on any atom is -0.393 e. The SMILES string of the molecule is OC1CCN(Cc2csc(C3CCCO3)n2)CC1. The first-order chi connectivity index (χ1) is 8.81. The Balaban J connectivity index is 1.56. The normalized spacial score (nSPS) is 26.8. The maximum atomic E-state index is 9.48. The smallest absolute Gasteiger partial charge is 0.122 e. The van der Waals surface area contributed by atoms with Gasteiger partial charge in [0.2, 0.25) is 0 Å². The molecule has 0 aliphatic carbocycles. The summed E-state index contributed by atoms with van der Waals surface area (Å²) in [5, 5.41) is 12.8. The largest absolute Gasteiger partial charge is 0.393 e. The molecule has 0 saturated carbocycles. The van der Waals surface area contributed by atoms with Gasteiger partial charge in [0.1, 0.15) is 11.1 Å². The minimum atomic E-state index is -0.0980. The fraction of sp³-hybridized carbons (Fsp3) is 0.769. The highest BCUT2D eigenvalue weighted by Crippen LogP contribution is 2.30. The summed E-state index contributed by atoms with van der Waals surface area (Å²) in [7, 11) is 0. The van der Waals surface area contributed by atoms with Gasteiger partial charge in [-0.25, -0.2) is 4.98 Å². The molecule has 2 aliphatic rings. The molecule has 3 heterocycles. The molecule has 1 aromatic heterocycles. The Morgan fingerprint density at radius 2 is 2.22 bits per heavy atom. The molecule has 0 aromatic carbocycles. The number of rotatable bonds is 3. The Bertz CT molecular complexity index is 382. The molecule has 0 bridgehead atoms. The number of aliphatic hydroxyl groups is 1. The zero-order valence-corrected chi connectivity index (χ0v) is 11.4. The molecule has 0 amide bonds. The molecule has 1 aromatic rings. The molecule has 3 rings (SSSR count). The third-order valence-corrected chi connectivity index (χ3v) is 4.70.